The first-order chi connectivity index (χ1) is 14.7. The number of aromatic nitrogens is 2. The van der Waals surface area contributed by atoms with Crippen LogP contribution < -0.4 is 16.4 Å². The lowest BCUT2D eigenvalue weighted by Gasteiger charge is -2.20. The minimum Gasteiger partial charge on any atom is -0.463 e. The van der Waals surface area contributed by atoms with E-state index in [0.717, 1.165) is 15.8 Å². The van der Waals surface area contributed by atoms with Gasteiger partial charge in [-0.15, -0.1) is 0 Å². The molecule has 8 heteroatoms. The van der Waals surface area contributed by atoms with Crippen LogP contribution in [0.25, 0.3) is 10.8 Å². The molecule has 1 atom stereocenters. The van der Waals surface area contributed by atoms with Gasteiger partial charge in [0.1, 0.15) is 6.54 Å². The van der Waals surface area contributed by atoms with E-state index < -0.39 is 29.0 Å². The monoisotopic (exact) mass is 423 g/mol. The summed E-state index contributed by atoms with van der Waals surface area (Å²) in [4.78, 5) is 49.8. The molecular weight excluding hydrogens is 398 g/mol. The molecule has 0 saturated carbocycles. The normalized spacial score (nSPS) is 12.0. The molecule has 0 spiro atoms. The molecule has 0 aliphatic carbocycles. The van der Waals surface area contributed by atoms with Crippen molar-refractivity contribution in [1.82, 2.24) is 15.1 Å². The van der Waals surface area contributed by atoms with Crippen LogP contribution in [0, 0.1) is 6.92 Å². The number of aryl methyl sites for hydroxylation is 1. The van der Waals surface area contributed by atoms with Crippen molar-refractivity contribution in [2.24, 2.45) is 0 Å². The second kappa shape index (κ2) is 9.42. The lowest BCUT2D eigenvalue weighted by Crippen LogP contribution is -2.38. The van der Waals surface area contributed by atoms with Crippen molar-refractivity contribution in [2.45, 2.75) is 45.9 Å². The first-order valence-corrected chi connectivity index (χ1v) is 10.0. The summed E-state index contributed by atoms with van der Waals surface area (Å²) in [5.74, 6) is -0.965. The van der Waals surface area contributed by atoms with E-state index in [4.69, 9.17) is 4.74 Å². The van der Waals surface area contributed by atoms with E-state index >= 15 is 0 Å². The fourth-order valence-electron chi connectivity index (χ4n) is 3.27. The van der Waals surface area contributed by atoms with Crippen molar-refractivity contribution >= 4 is 22.6 Å². The number of carbonyl (C=O) groups is 2. The number of ether oxygens (including phenoxy) is 1. The summed E-state index contributed by atoms with van der Waals surface area (Å²) in [6.45, 7) is 5.05. The molecule has 162 valence electrons. The summed E-state index contributed by atoms with van der Waals surface area (Å²) in [5, 5.41) is 5.70. The molecule has 0 aliphatic rings. The number of H-pyrrole nitrogens is 1. The number of benzene rings is 2. The fraction of sp³-hybridized carbons (Fsp3) is 0.304. The van der Waals surface area contributed by atoms with Crippen molar-refractivity contribution in [3.63, 3.8) is 0 Å². The molecule has 0 radical (unpaired) electrons. The first kappa shape index (κ1) is 22.0. The molecule has 3 aromatic rings. The number of carbonyl (C=O) groups excluding carboxylic acids is 2. The van der Waals surface area contributed by atoms with Gasteiger partial charge in [0.05, 0.1) is 29.3 Å². The Morgan fingerprint density at radius 2 is 1.68 bits per heavy atom. The zero-order valence-electron chi connectivity index (χ0n) is 17.7. The Balaban J connectivity index is 1.83. The number of amides is 1. The molecule has 1 aromatic heterocycles. The molecule has 0 bridgehead atoms. The maximum Gasteiger partial charge on any atom is 0.308 e. The molecule has 2 N–H and O–H groups in total. The largest absolute Gasteiger partial charge is 0.463 e. The highest BCUT2D eigenvalue weighted by Gasteiger charge is 2.21. The summed E-state index contributed by atoms with van der Waals surface area (Å²) in [5.41, 5.74) is 0.841. The maximum atomic E-state index is 12.7. The van der Waals surface area contributed by atoms with Crippen LogP contribution in [0.3, 0.4) is 0 Å². The Morgan fingerprint density at radius 1 is 1.03 bits per heavy atom. The number of nitrogens with one attached hydrogen (secondary N) is 2. The molecule has 1 amide bonds. The van der Waals surface area contributed by atoms with Crippen LogP contribution in [0.2, 0.25) is 0 Å². The van der Waals surface area contributed by atoms with Crippen LogP contribution >= 0.6 is 0 Å². The van der Waals surface area contributed by atoms with Gasteiger partial charge in [-0.2, -0.15) is 0 Å². The summed E-state index contributed by atoms with van der Waals surface area (Å²) < 4.78 is 6.19. The quantitative estimate of drug-likeness (QED) is 0.566. The Morgan fingerprint density at radius 3 is 2.32 bits per heavy atom. The van der Waals surface area contributed by atoms with E-state index in [1.54, 1.807) is 38.1 Å². The highest BCUT2D eigenvalue weighted by Crippen LogP contribution is 2.19. The third-order valence-corrected chi connectivity index (χ3v) is 4.74. The van der Waals surface area contributed by atoms with Crippen molar-refractivity contribution in [1.29, 1.82) is 0 Å². The molecule has 0 saturated heterocycles. The summed E-state index contributed by atoms with van der Waals surface area (Å²) in [6.07, 6.45) is -0.334. The minimum atomic E-state index is -0.637. The van der Waals surface area contributed by atoms with E-state index in [0.29, 0.717) is 0 Å². The van der Waals surface area contributed by atoms with Crippen LogP contribution in [0.1, 0.15) is 37.4 Å². The van der Waals surface area contributed by atoms with Gasteiger partial charge in [-0.05, 0) is 38.5 Å². The predicted molar refractivity (Wildman–Crippen MR) is 117 cm³/mol. The van der Waals surface area contributed by atoms with Gasteiger partial charge in [-0.25, -0.2) is 4.68 Å². The molecule has 1 heterocycles. The summed E-state index contributed by atoms with van der Waals surface area (Å²) >= 11 is 0. The van der Waals surface area contributed by atoms with Crippen molar-refractivity contribution in [3.8, 4) is 0 Å². The van der Waals surface area contributed by atoms with E-state index in [-0.39, 0.29) is 29.8 Å². The Kier molecular flexibility index (Phi) is 6.69. The fourth-order valence-corrected chi connectivity index (χ4v) is 3.27. The SMILES string of the molecule is Cc1ccc(C(CC(=O)OC(C)C)NC(=O)Cn2[nH]c(=O)c3ccccc3c2=O)cc1. The van der Waals surface area contributed by atoms with Gasteiger partial charge in [0.15, 0.2) is 0 Å². The third kappa shape index (κ3) is 5.48. The van der Waals surface area contributed by atoms with Gasteiger partial charge in [0.25, 0.3) is 11.1 Å². The molecule has 0 aliphatic heterocycles. The van der Waals surface area contributed by atoms with Gasteiger partial charge in [-0.1, -0.05) is 42.0 Å². The molecule has 3 rings (SSSR count). The zero-order valence-corrected chi connectivity index (χ0v) is 17.7. The number of nitrogens with zero attached hydrogens (tertiary/aromatic N) is 1. The standard InChI is InChI=1S/C23H25N3O5/c1-14(2)31-21(28)12-19(16-10-8-15(3)9-11-16)24-20(27)13-26-23(30)18-7-5-4-6-17(18)22(29)25-26/h4-11,14,19H,12-13H2,1-3H3,(H,24,27)(H,25,29). The second-order valence-corrected chi connectivity index (χ2v) is 7.65. The minimum absolute atomic E-state index is 0.0594. The van der Waals surface area contributed by atoms with Crippen LogP contribution in [0.4, 0.5) is 0 Å². The number of hydrogen-bond acceptors (Lipinski definition) is 5. The van der Waals surface area contributed by atoms with E-state index in [9.17, 15) is 19.2 Å². The van der Waals surface area contributed by atoms with Crippen molar-refractivity contribution in [3.05, 3.63) is 80.4 Å². The highest BCUT2D eigenvalue weighted by atomic mass is 16.5. The molecule has 1 unspecified atom stereocenters. The average Bonchev–Trinajstić information content (AvgIpc) is 2.71. The van der Waals surface area contributed by atoms with E-state index in [1.807, 2.05) is 31.2 Å². The molecule has 2 aromatic carbocycles. The molecule has 31 heavy (non-hydrogen) atoms. The average molecular weight is 423 g/mol. The van der Waals surface area contributed by atoms with Gasteiger partial charge >= 0.3 is 5.97 Å². The van der Waals surface area contributed by atoms with Crippen molar-refractivity contribution < 1.29 is 14.3 Å². The number of aromatic amines is 1. The molecule has 0 fully saturated rings. The Labute approximate surface area is 178 Å². The third-order valence-electron chi connectivity index (χ3n) is 4.74. The summed E-state index contributed by atoms with van der Waals surface area (Å²) in [7, 11) is 0. The zero-order chi connectivity index (χ0) is 22.5. The van der Waals surface area contributed by atoms with Crippen LogP contribution in [-0.4, -0.2) is 27.8 Å². The lowest BCUT2D eigenvalue weighted by atomic mass is 10.0. The number of hydrogen-bond donors (Lipinski definition) is 2. The number of fused-ring (bicyclic) bond motifs is 1. The maximum absolute atomic E-state index is 12.7. The second-order valence-electron chi connectivity index (χ2n) is 7.65. The van der Waals surface area contributed by atoms with E-state index in [2.05, 4.69) is 10.4 Å². The lowest BCUT2D eigenvalue weighted by molar-refractivity contribution is -0.148. The van der Waals surface area contributed by atoms with E-state index in [1.165, 1.54) is 0 Å². The van der Waals surface area contributed by atoms with Gasteiger partial charge in [0, 0.05) is 0 Å². The van der Waals surface area contributed by atoms with Crippen LogP contribution in [0.15, 0.2) is 58.1 Å². The molecule has 8 nitrogen and oxygen atoms in total. The Hall–Kier alpha value is -3.68. The topological polar surface area (TPSA) is 110 Å². The Bertz CT molecular complexity index is 1210. The smallest absolute Gasteiger partial charge is 0.308 e. The van der Waals surface area contributed by atoms with Crippen LogP contribution in [-0.2, 0) is 20.9 Å². The number of esters is 1. The number of rotatable bonds is 7. The van der Waals surface area contributed by atoms with Crippen molar-refractivity contribution in [2.75, 3.05) is 0 Å². The highest BCUT2D eigenvalue weighted by molar-refractivity contribution is 5.81. The molecular formula is C23H25N3O5. The summed E-state index contributed by atoms with van der Waals surface area (Å²) in [6, 6.07) is 13.2. The van der Waals surface area contributed by atoms with Crippen LogP contribution in [0.5, 0.6) is 0 Å². The van der Waals surface area contributed by atoms with Gasteiger partial charge in [0.2, 0.25) is 5.91 Å². The van der Waals surface area contributed by atoms with Gasteiger partial charge in [-0.3, -0.25) is 24.3 Å². The first-order valence-electron chi connectivity index (χ1n) is 10.0. The predicted octanol–water partition coefficient (Wildman–Crippen LogP) is 2.20. The van der Waals surface area contributed by atoms with Gasteiger partial charge < -0.3 is 10.1 Å².